The molecule has 0 saturated heterocycles. The normalized spacial score (nSPS) is 15.1. The van der Waals surface area contributed by atoms with Gasteiger partial charge in [-0.15, -0.1) is 0 Å². The second kappa shape index (κ2) is 7.27. The molecule has 0 fully saturated rings. The molecule has 1 aliphatic heterocycles. The average Bonchev–Trinajstić information content (AvgIpc) is 3.14. The Morgan fingerprint density at radius 1 is 1.10 bits per heavy atom. The summed E-state index contributed by atoms with van der Waals surface area (Å²) in [6.45, 7) is 3.89. The zero-order chi connectivity index (χ0) is 20.5. The number of hydrogen-bond acceptors (Lipinski definition) is 4. The van der Waals surface area contributed by atoms with Crippen molar-refractivity contribution in [3.8, 4) is 0 Å². The van der Waals surface area contributed by atoms with E-state index in [0.717, 1.165) is 16.7 Å². The second-order valence-corrected chi connectivity index (χ2v) is 6.99. The maximum Gasteiger partial charge on any atom is 0.352 e. The van der Waals surface area contributed by atoms with E-state index in [0.29, 0.717) is 11.5 Å². The Balaban J connectivity index is 1.73. The molecule has 2 heterocycles. The van der Waals surface area contributed by atoms with Crippen molar-refractivity contribution in [2.45, 2.75) is 19.9 Å². The average molecular weight is 388 g/mol. The van der Waals surface area contributed by atoms with E-state index in [2.05, 4.69) is 15.7 Å². The van der Waals surface area contributed by atoms with Crippen molar-refractivity contribution < 1.29 is 14.7 Å². The first-order valence-corrected chi connectivity index (χ1v) is 9.17. The van der Waals surface area contributed by atoms with E-state index in [9.17, 15) is 14.7 Å². The predicted molar refractivity (Wildman–Crippen MR) is 110 cm³/mol. The third kappa shape index (κ3) is 3.50. The number of amides is 1. The number of rotatable bonds is 4. The van der Waals surface area contributed by atoms with Crippen molar-refractivity contribution in [3.05, 3.63) is 88.8 Å². The van der Waals surface area contributed by atoms with Gasteiger partial charge in [-0.1, -0.05) is 48.0 Å². The van der Waals surface area contributed by atoms with Gasteiger partial charge >= 0.3 is 5.97 Å². The number of carbonyl (C=O) groups is 2. The van der Waals surface area contributed by atoms with Crippen molar-refractivity contribution in [1.29, 1.82) is 0 Å². The summed E-state index contributed by atoms with van der Waals surface area (Å²) < 4.78 is 1.63. The van der Waals surface area contributed by atoms with E-state index in [-0.39, 0.29) is 17.2 Å². The van der Waals surface area contributed by atoms with Gasteiger partial charge in [0.05, 0.1) is 12.2 Å². The van der Waals surface area contributed by atoms with Gasteiger partial charge in [-0.2, -0.15) is 5.10 Å². The third-order valence-corrected chi connectivity index (χ3v) is 4.92. The van der Waals surface area contributed by atoms with Crippen LogP contribution >= 0.6 is 0 Å². The molecule has 1 amide bonds. The number of aryl methyl sites for hydroxylation is 2. The standard InChI is InChI=1S/C22H20N4O3/c1-13-7-9-15(10-8-13)19-11-18(22(28)29)24-20-16(12-23-26(19)20)21(27)25-17-6-4-3-5-14(17)2/h3-12,19,24H,1-2H3,(H,25,27)(H,28,29)/t19-/m1/s1. The predicted octanol–water partition coefficient (Wildman–Crippen LogP) is 3.74. The summed E-state index contributed by atoms with van der Waals surface area (Å²) in [5.41, 5.74) is 3.89. The molecule has 0 saturated carbocycles. The lowest BCUT2D eigenvalue weighted by atomic mass is 10.0. The summed E-state index contributed by atoms with van der Waals surface area (Å²) in [4.78, 5) is 24.6. The number of allylic oxidation sites excluding steroid dienone is 1. The zero-order valence-electron chi connectivity index (χ0n) is 16.0. The molecule has 1 atom stereocenters. The molecule has 7 nitrogen and oxygen atoms in total. The molecule has 2 aromatic carbocycles. The van der Waals surface area contributed by atoms with Gasteiger partial charge in [0.15, 0.2) is 0 Å². The molecule has 0 unspecified atom stereocenters. The zero-order valence-corrected chi connectivity index (χ0v) is 16.0. The first-order valence-electron chi connectivity index (χ1n) is 9.17. The Hall–Kier alpha value is -3.87. The summed E-state index contributed by atoms with van der Waals surface area (Å²) in [6, 6.07) is 14.8. The highest BCUT2D eigenvalue weighted by Crippen LogP contribution is 2.32. The van der Waals surface area contributed by atoms with Crippen LogP contribution in [0.3, 0.4) is 0 Å². The summed E-state index contributed by atoms with van der Waals surface area (Å²) in [5.74, 6) is -1.11. The van der Waals surface area contributed by atoms with Crippen LogP contribution in [0.2, 0.25) is 0 Å². The largest absolute Gasteiger partial charge is 0.477 e. The quantitative estimate of drug-likeness (QED) is 0.633. The van der Waals surface area contributed by atoms with Crippen LogP contribution in [-0.2, 0) is 4.79 Å². The molecule has 1 aliphatic rings. The number of aliphatic carboxylic acids is 1. The van der Waals surface area contributed by atoms with Gasteiger partial charge in [-0.05, 0) is 37.1 Å². The summed E-state index contributed by atoms with van der Waals surface area (Å²) in [5, 5.41) is 19.6. The molecule has 7 heteroatoms. The molecule has 0 bridgehead atoms. The van der Waals surface area contributed by atoms with Crippen LogP contribution in [0.15, 0.2) is 66.5 Å². The Labute approximate surface area is 167 Å². The molecular weight excluding hydrogens is 368 g/mol. The maximum atomic E-state index is 12.9. The van der Waals surface area contributed by atoms with Gasteiger partial charge in [0.2, 0.25) is 0 Å². The summed E-state index contributed by atoms with van der Waals surface area (Å²) in [7, 11) is 0. The lowest BCUT2D eigenvalue weighted by Gasteiger charge is -2.24. The number of carboxylic acids is 1. The van der Waals surface area contributed by atoms with Crippen molar-refractivity contribution >= 4 is 23.4 Å². The number of carboxylic acid groups (broad SMARTS) is 1. The molecule has 0 spiro atoms. The van der Waals surface area contributed by atoms with Gasteiger partial charge in [0, 0.05) is 5.69 Å². The van der Waals surface area contributed by atoms with E-state index in [4.69, 9.17) is 0 Å². The van der Waals surface area contributed by atoms with E-state index in [1.165, 1.54) is 6.20 Å². The number of nitrogens with one attached hydrogen (secondary N) is 2. The Morgan fingerprint density at radius 2 is 1.83 bits per heavy atom. The van der Waals surface area contributed by atoms with E-state index in [1.807, 2.05) is 62.4 Å². The fourth-order valence-corrected chi connectivity index (χ4v) is 3.29. The molecular formula is C22H20N4O3. The Bertz CT molecular complexity index is 1130. The lowest BCUT2D eigenvalue weighted by Crippen LogP contribution is -2.25. The van der Waals surface area contributed by atoms with Gasteiger partial charge in [-0.3, -0.25) is 4.79 Å². The SMILES string of the molecule is Cc1ccc([C@H]2C=C(C(=O)O)Nc3c(C(=O)Nc4ccccc4C)cnn32)cc1. The van der Waals surface area contributed by atoms with Crippen LogP contribution in [-0.4, -0.2) is 26.8 Å². The number of para-hydroxylation sites is 1. The fourth-order valence-electron chi connectivity index (χ4n) is 3.29. The molecule has 4 rings (SSSR count). The number of anilines is 2. The van der Waals surface area contributed by atoms with Crippen molar-refractivity contribution in [2.24, 2.45) is 0 Å². The molecule has 3 N–H and O–H groups in total. The van der Waals surface area contributed by atoms with Gasteiger partial charge < -0.3 is 15.7 Å². The van der Waals surface area contributed by atoms with Crippen LogP contribution < -0.4 is 10.6 Å². The van der Waals surface area contributed by atoms with Crippen LogP contribution in [0.1, 0.15) is 33.1 Å². The van der Waals surface area contributed by atoms with Crippen LogP contribution in [0.4, 0.5) is 11.5 Å². The third-order valence-electron chi connectivity index (χ3n) is 4.92. The highest BCUT2D eigenvalue weighted by atomic mass is 16.4. The molecule has 3 aromatic rings. The number of hydrogen-bond donors (Lipinski definition) is 3. The van der Waals surface area contributed by atoms with Gasteiger partial charge in [0.1, 0.15) is 17.1 Å². The first-order chi connectivity index (χ1) is 13.9. The number of aromatic nitrogens is 2. The monoisotopic (exact) mass is 388 g/mol. The number of carbonyl (C=O) groups excluding carboxylic acids is 1. The molecule has 146 valence electrons. The van der Waals surface area contributed by atoms with E-state index >= 15 is 0 Å². The highest BCUT2D eigenvalue weighted by Gasteiger charge is 2.29. The van der Waals surface area contributed by atoms with Crippen LogP contribution in [0, 0.1) is 13.8 Å². The Morgan fingerprint density at radius 3 is 2.52 bits per heavy atom. The lowest BCUT2D eigenvalue weighted by molar-refractivity contribution is -0.132. The topological polar surface area (TPSA) is 96.2 Å². The summed E-state index contributed by atoms with van der Waals surface area (Å²) >= 11 is 0. The molecule has 29 heavy (non-hydrogen) atoms. The highest BCUT2D eigenvalue weighted by molar-refractivity contribution is 6.08. The van der Waals surface area contributed by atoms with Crippen molar-refractivity contribution in [3.63, 3.8) is 0 Å². The number of nitrogens with zero attached hydrogens (tertiary/aromatic N) is 2. The molecule has 0 aliphatic carbocycles. The van der Waals surface area contributed by atoms with Crippen molar-refractivity contribution in [2.75, 3.05) is 10.6 Å². The minimum Gasteiger partial charge on any atom is -0.477 e. The second-order valence-electron chi connectivity index (χ2n) is 6.99. The Kier molecular flexibility index (Phi) is 4.64. The van der Waals surface area contributed by atoms with Gasteiger partial charge in [-0.25, -0.2) is 9.48 Å². The van der Waals surface area contributed by atoms with Crippen LogP contribution in [0.5, 0.6) is 0 Å². The maximum absolute atomic E-state index is 12.9. The number of fused-ring (bicyclic) bond motifs is 1. The van der Waals surface area contributed by atoms with Crippen molar-refractivity contribution in [1.82, 2.24) is 9.78 Å². The van der Waals surface area contributed by atoms with E-state index in [1.54, 1.807) is 10.8 Å². The minimum atomic E-state index is -1.10. The summed E-state index contributed by atoms with van der Waals surface area (Å²) in [6.07, 6.45) is 3.05. The fraction of sp³-hybridized carbons (Fsp3) is 0.136. The van der Waals surface area contributed by atoms with Gasteiger partial charge in [0.25, 0.3) is 5.91 Å². The first kappa shape index (κ1) is 18.5. The number of benzene rings is 2. The molecule has 0 radical (unpaired) electrons. The smallest absolute Gasteiger partial charge is 0.352 e. The van der Waals surface area contributed by atoms with Crippen LogP contribution in [0.25, 0.3) is 0 Å². The molecule has 1 aromatic heterocycles. The van der Waals surface area contributed by atoms with E-state index < -0.39 is 12.0 Å². The minimum absolute atomic E-state index is 0.00789.